The number of fused-ring (bicyclic) bond motifs is 3. The minimum absolute atomic E-state index is 0.0799. The number of hydrogen-bond donors (Lipinski definition) is 2. The summed E-state index contributed by atoms with van der Waals surface area (Å²) in [5.41, 5.74) is 4.99. The molecular weight excluding hydrogens is 194 g/mol. The lowest BCUT2D eigenvalue weighted by Crippen LogP contribution is -3.17. The Bertz CT molecular complexity index is 168. The molecule has 0 aliphatic carbocycles. The average molecular weight is 215 g/mol. The fourth-order valence-electron chi connectivity index (χ4n) is 1.91. The first kappa shape index (κ1) is 12.4. The highest BCUT2D eigenvalue weighted by atomic mass is 16.4. The lowest BCUT2D eigenvalue weighted by Gasteiger charge is -2.38. The van der Waals surface area contributed by atoms with Gasteiger partial charge in [-0.05, 0) is 19.4 Å². The van der Waals surface area contributed by atoms with Crippen LogP contribution in [-0.2, 0) is 4.79 Å². The van der Waals surface area contributed by atoms with Crippen LogP contribution >= 0.6 is 0 Å². The van der Waals surface area contributed by atoms with Crippen molar-refractivity contribution in [1.29, 1.82) is 0 Å². The molecular formula is C10H21N3O2. The molecule has 0 aromatic heterocycles. The van der Waals surface area contributed by atoms with E-state index in [-0.39, 0.29) is 6.42 Å². The normalized spacial score (nSPS) is 28.1. The molecule has 2 bridgehead atoms. The second kappa shape index (κ2) is 6.76. The third-order valence-corrected chi connectivity index (χ3v) is 2.93. The van der Waals surface area contributed by atoms with Gasteiger partial charge in [0.1, 0.15) is 0 Å². The van der Waals surface area contributed by atoms with Crippen molar-refractivity contribution >= 4 is 5.97 Å². The third-order valence-electron chi connectivity index (χ3n) is 2.93. The molecule has 0 unspecified atom stereocenters. The molecule has 5 nitrogen and oxygen atoms in total. The molecule has 0 amide bonds. The van der Waals surface area contributed by atoms with Crippen molar-refractivity contribution in [3.05, 3.63) is 0 Å². The van der Waals surface area contributed by atoms with E-state index in [1.54, 1.807) is 0 Å². The Kier molecular flexibility index (Phi) is 5.60. The molecule has 0 spiro atoms. The molecule has 0 aromatic rings. The molecule has 0 atom stereocenters. The van der Waals surface area contributed by atoms with E-state index in [4.69, 9.17) is 5.73 Å². The van der Waals surface area contributed by atoms with Crippen LogP contribution in [0.2, 0.25) is 0 Å². The molecule has 0 saturated carbocycles. The van der Waals surface area contributed by atoms with E-state index in [2.05, 4.69) is 4.90 Å². The number of nitrogens with zero attached hydrogens (tertiary/aromatic N) is 1. The first-order valence-electron chi connectivity index (χ1n) is 5.68. The zero-order valence-corrected chi connectivity index (χ0v) is 9.21. The Morgan fingerprint density at radius 2 is 1.80 bits per heavy atom. The van der Waals surface area contributed by atoms with Crippen molar-refractivity contribution in [3.63, 3.8) is 0 Å². The summed E-state index contributed by atoms with van der Waals surface area (Å²) in [6, 6.07) is 0. The standard InChI is InChI=1S/C6H12N2.C4H9NO2/c1-2-8-5-3-7(1)4-6-8;5-3-1-2-4(6)7/h1-6H2;1-3,5H2,(H,6,7). The van der Waals surface area contributed by atoms with Gasteiger partial charge >= 0.3 is 0 Å². The van der Waals surface area contributed by atoms with Crippen LogP contribution in [0.4, 0.5) is 0 Å². The molecule has 3 aliphatic heterocycles. The number of carboxylic acids is 1. The third kappa shape index (κ3) is 5.11. The Balaban J connectivity index is 0.000000153. The lowest BCUT2D eigenvalue weighted by atomic mass is 10.2. The van der Waals surface area contributed by atoms with Gasteiger partial charge in [0.2, 0.25) is 0 Å². The predicted octanol–water partition coefficient (Wildman–Crippen LogP) is -3.32. The molecule has 0 aromatic carbocycles. The van der Waals surface area contributed by atoms with Gasteiger partial charge in [-0.3, -0.25) is 4.90 Å². The minimum atomic E-state index is -1.02. The maximum atomic E-state index is 9.59. The molecule has 0 radical (unpaired) electrons. The quantitative estimate of drug-likeness (QED) is 0.516. The van der Waals surface area contributed by atoms with Crippen molar-refractivity contribution in [2.24, 2.45) is 5.73 Å². The zero-order valence-electron chi connectivity index (χ0n) is 9.21. The van der Waals surface area contributed by atoms with E-state index in [9.17, 15) is 9.90 Å². The van der Waals surface area contributed by atoms with Crippen LogP contribution in [-0.4, -0.2) is 56.7 Å². The largest absolute Gasteiger partial charge is 0.550 e. The SMILES string of the molecule is C1C[NH+]2CCN1CC2.NCCCC(=O)[O-]. The van der Waals surface area contributed by atoms with Crippen LogP contribution in [0.15, 0.2) is 0 Å². The van der Waals surface area contributed by atoms with E-state index in [1.807, 2.05) is 4.90 Å². The molecule has 88 valence electrons. The number of piperazine rings is 3. The van der Waals surface area contributed by atoms with Gasteiger partial charge in [0, 0.05) is 25.6 Å². The molecule has 3 heterocycles. The monoisotopic (exact) mass is 215 g/mol. The van der Waals surface area contributed by atoms with E-state index >= 15 is 0 Å². The van der Waals surface area contributed by atoms with E-state index < -0.39 is 5.97 Å². The summed E-state index contributed by atoms with van der Waals surface area (Å²) >= 11 is 0. The van der Waals surface area contributed by atoms with Crippen LogP contribution in [0.1, 0.15) is 12.8 Å². The van der Waals surface area contributed by atoms with Crippen molar-refractivity contribution in [2.45, 2.75) is 12.8 Å². The Hall–Kier alpha value is -0.650. The average Bonchev–Trinajstić information content (AvgIpc) is 2.30. The number of aliphatic carboxylic acids is 1. The maximum absolute atomic E-state index is 9.59. The zero-order chi connectivity index (χ0) is 11.1. The number of nitrogens with one attached hydrogen (secondary N) is 1. The van der Waals surface area contributed by atoms with Crippen LogP contribution < -0.4 is 15.7 Å². The van der Waals surface area contributed by atoms with Crippen LogP contribution in [0.5, 0.6) is 0 Å². The summed E-state index contributed by atoms with van der Waals surface area (Å²) in [7, 11) is 0. The Morgan fingerprint density at radius 3 is 1.93 bits per heavy atom. The molecule has 3 aliphatic rings. The summed E-state index contributed by atoms with van der Waals surface area (Å²) in [6.45, 7) is 8.70. The number of carbonyl (C=O) groups excluding carboxylic acids is 1. The van der Waals surface area contributed by atoms with E-state index in [0.717, 1.165) is 0 Å². The van der Waals surface area contributed by atoms with Crippen molar-refractivity contribution in [3.8, 4) is 0 Å². The van der Waals surface area contributed by atoms with E-state index in [1.165, 1.54) is 39.3 Å². The first-order chi connectivity index (χ1) is 7.22. The predicted molar refractivity (Wildman–Crippen MR) is 55.3 cm³/mol. The molecule has 3 N–H and O–H groups in total. The first-order valence-corrected chi connectivity index (χ1v) is 5.68. The Labute approximate surface area is 90.8 Å². The second-order valence-electron chi connectivity index (χ2n) is 4.11. The van der Waals surface area contributed by atoms with Gasteiger partial charge in [-0.1, -0.05) is 0 Å². The Morgan fingerprint density at radius 1 is 1.27 bits per heavy atom. The summed E-state index contributed by atoms with van der Waals surface area (Å²) in [5, 5.41) is 9.59. The number of carbonyl (C=O) groups is 1. The van der Waals surface area contributed by atoms with Crippen molar-refractivity contribution in [2.75, 3.05) is 45.8 Å². The highest BCUT2D eigenvalue weighted by Crippen LogP contribution is 1.91. The smallest absolute Gasteiger partial charge is 0.0901 e. The molecule has 3 fully saturated rings. The lowest BCUT2D eigenvalue weighted by molar-refractivity contribution is -0.914. The van der Waals surface area contributed by atoms with Gasteiger partial charge in [0.05, 0.1) is 19.6 Å². The van der Waals surface area contributed by atoms with Gasteiger partial charge in [-0.15, -0.1) is 0 Å². The minimum Gasteiger partial charge on any atom is -0.550 e. The van der Waals surface area contributed by atoms with Gasteiger partial charge in [0.15, 0.2) is 0 Å². The number of rotatable bonds is 3. The topological polar surface area (TPSA) is 73.8 Å². The van der Waals surface area contributed by atoms with Crippen LogP contribution in [0.3, 0.4) is 0 Å². The molecule has 3 rings (SSSR count). The maximum Gasteiger partial charge on any atom is 0.0901 e. The van der Waals surface area contributed by atoms with E-state index in [0.29, 0.717) is 13.0 Å². The molecule has 5 heteroatoms. The number of nitrogens with two attached hydrogens (primary N) is 1. The summed E-state index contributed by atoms with van der Waals surface area (Å²) in [4.78, 5) is 14.0. The summed E-state index contributed by atoms with van der Waals surface area (Å²) in [5.74, 6) is -1.02. The fraction of sp³-hybridized carbons (Fsp3) is 0.900. The fourth-order valence-corrected chi connectivity index (χ4v) is 1.91. The van der Waals surface area contributed by atoms with Gasteiger partial charge in [-0.25, -0.2) is 0 Å². The molecule has 3 saturated heterocycles. The molecule has 15 heavy (non-hydrogen) atoms. The van der Waals surface area contributed by atoms with Crippen LogP contribution in [0.25, 0.3) is 0 Å². The summed E-state index contributed by atoms with van der Waals surface area (Å²) in [6.07, 6.45) is 0.596. The number of hydrogen-bond acceptors (Lipinski definition) is 4. The highest BCUT2D eigenvalue weighted by molar-refractivity contribution is 5.64. The van der Waals surface area contributed by atoms with Gasteiger partial charge < -0.3 is 20.5 Å². The highest BCUT2D eigenvalue weighted by Gasteiger charge is 2.25. The second-order valence-corrected chi connectivity index (χ2v) is 4.11. The number of carboxylic acid groups (broad SMARTS) is 1. The number of quaternary nitrogens is 1. The van der Waals surface area contributed by atoms with Crippen molar-refractivity contribution in [1.82, 2.24) is 4.90 Å². The van der Waals surface area contributed by atoms with Crippen molar-refractivity contribution < 1.29 is 14.8 Å². The van der Waals surface area contributed by atoms with Gasteiger partial charge in [-0.2, -0.15) is 0 Å². The van der Waals surface area contributed by atoms with Crippen LogP contribution in [0, 0.1) is 0 Å². The summed E-state index contributed by atoms with van der Waals surface area (Å²) < 4.78 is 0. The van der Waals surface area contributed by atoms with Gasteiger partial charge in [0.25, 0.3) is 0 Å².